The van der Waals surface area contributed by atoms with Gasteiger partial charge < -0.3 is 9.64 Å². The highest BCUT2D eigenvalue weighted by Gasteiger charge is 2.25. The third-order valence-corrected chi connectivity index (χ3v) is 6.19. The molecule has 1 aromatic heterocycles. The number of benzene rings is 2. The van der Waals surface area contributed by atoms with E-state index in [0.717, 1.165) is 11.0 Å². The van der Waals surface area contributed by atoms with Gasteiger partial charge in [0.05, 0.1) is 17.4 Å². The molecule has 0 spiro atoms. The summed E-state index contributed by atoms with van der Waals surface area (Å²) in [5, 5.41) is 1.95. The first-order chi connectivity index (χ1) is 17.0. The molecule has 0 unspecified atom stereocenters. The molecule has 1 aliphatic rings. The van der Waals surface area contributed by atoms with E-state index >= 15 is 0 Å². The fraction of sp³-hybridized carbons (Fsp3) is 0.375. The van der Waals surface area contributed by atoms with Gasteiger partial charge in [-0.3, -0.25) is 18.7 Å². The molecule has 1 saturated heterocycles. The van der Waals surface area contributed by atoms with Gasteiger partial charge in [-0.05, 0) is 36.6 Å². The number of alkyl halides is 2. The Hall–Kier alpha value is -3.89. The number of halogens is 2. The maximum Gasteiger partial charge on any atom is 0.332 e. The van der Waals surface area contributed by atoms with Gasteiger partial charge in [0.1, 0.15) is 19.1 Å². The maximum atomic E-state index is 13.6. The van der Waals surface area contributed by atoms with Gasteiger partial charge >= 0.3 is 5.69 Å². The quantitative estimate of drug-likeness (QED) is 0.457. The van der Waals surface area contributed by atoms with E-state index in [2.05, 4.69) is 0 Å². The van der Waals surface area contributed by atoms with Crippen LogP contribution in [0.5, 0.6) is 5.75 Å². The van der Waals surface area contributed by atoms with Crippen molar-refractivity contribution in [3.63, 3.8) is 0 Å². The summed E-state index contributed by atoms with van der Waals surface area (Å²) in [6.07, 6.45) is 0.512. The van der Waals surface area contributed by atoms with Gasteiger partial charge in [-0.1, -0.05) is 12.1 Å². The SMILES string of the molecule is O=CN1CCC(n2c(=O)n(Cc3cccc([NH+]=O)c3)c(=O)c3cc(OC(CF)CF)ccc32)CC1. The Balaban J connectivity index is 1.86. The molecule has 11 heteroatoms. The number of nitrogens with zero attached hydrogens (tertiary/aromatic N) is 3. The second kappa shape index (κ2) is 10.6. The van der Waals surface area contributed by atoms with Crippen LogP contribution in [0.3, 0.4) is 0 Å². The molecule has 1 fully saturated rings. The Morgan fingerprint density at radius 3 is 2.49 bits per heavy atom. The minimum atomic E-state index is -1.30. The first-order valence-corrected chi connectivity index (χ1v) is 11.2. The van der Waals surface area contributed by atoms with E-state index in [1.54, 1.807) is 45.0 Å². The average molecular weight is 487 g/mol. The highest BCUT2D eigenvalue weighted by atomic mass is 19.1. The first kappa shape index (κ1) is 24.2. The third kappa shape index (κ3) is 4.98. The minimum absolute atomic E-state index is 0.0843. The predicted octanol–water partition coefficient (Wildman–Crippen LogP) is 1.17. The zero-order chi connectivity index (χ0) is 24.9. The van der Waals surface area contributed by atoms with Crippen molar-refractivity contribution < 1.29 is 23.5 Å². The lowest BCUT2D eigenvalue weighted by Gasteiger charge is -2.31. The van der Waals surface area contributed by atoms with E-state index in [9.17, 15) is 28.1 Å². The summed E-state index contributed by atoms with van der Waals surface area (Å²) >= 11 is 0. The number of hydrogen-bond acceptors (Lipinski definition) is 5. The molecule has 0 radical (unpaired) electrons. The van der Waals surface area contributed by atoms with Crippen LogP contribution in [0.15, 0.2) is 52.1 Å². The topological polar surface area (TPSA) is 105 Å². The van der Waals surface area contributed by atoms with E-state index in [0.29, 0.717) is 37.0 Å². The van der Waals surface area contributed by atoms with E-state index in [1.807, 2.05) is 0 Å². The molecule has 35 heavy (non-hydrogen) atoms. The Morgan fingerprint density at radius 1 is 1.09 bits per heavy atom. The molecule has 0 saturated carbocycles. The zero-order valence-corrected chi connectivity index (χ0v) is 18.9. The van der Waals surface area contributed by atoms with Crippen molar-refractivity contribution >= 4 is 23.0 Å². The highest BCUT2D eigenvalue weighted by Crippen LogP contribution is 2.26. The molecule has 1 N–H and O–H groups in total. The number of ether oxygens (including phenoxy) is 1. The zero-order valence-electron chi connectivity index (χ0n) is 18.9. The van der Waals surface area contributed by atoms with E-state index in [4.69, 9.17) is 4.74 Å². The number of rotatable bonds is 9. The van der Waals surface area contributed by atoms with Crippen LogP contribution in [0.25, 0.3) is 10.9 Å². The van der Waals surface area contributed by atoms with Crippen molar-refractivity contribution in [1.82, 2.24) is 14.0 Å². The number of nitrogens with one attached hydrogen (secondary N) is 1. The monoisotopic (exact) mass is 487 g/mol. The number of nitroso groups, excluding NO2 is 1. The molecule has 9 nitrogen and oxygen atoms in total. The molecule has 1 amide bonds. The lowest BCUT2D eigenvalue weighted by atomic mass is 10.0. The van der Waals surface area contributed by atoms with Crippen LogP contribution in [0, 0.1) is 4.91 Å². The Bertz CT molecular complexity index is 1340. The maximum absolute atomic E-state index is 13.6. The van der Waals surface area contributed by atoms with Crippen LogP contribution < -0.4 is 21.2 Å². The molecular formula is C24H25F2N4O5+. The second-order valence-electron chi connectivity index (χ2n) is 8.45. The molecule has 2 heterocycles. The number of carbonyl (C=O) groups is 1. The van der Waals surface area contributed by atoms with Gasteiger partial charge in [0.25, 0.3) is 11.2 Å². The Kier molecular flexibility index (Phi) is 7.33. The van der Waals surface area contributed by atoms with Gasteiger partial charge in [-0.2, -0.15) is 0 Å². The van der Waals surface area contributed by atoms with Crippen LogP contribution in [0.1, 0.15) is 24.4 Å². The van der Waals surface area contributed by atoms with E-state index in [-0.39, 0.29) is 29.4 Å². The predicted molar refractivity (Wildman–Crippen MR) is 124 cm³/mol. The van der Waals surface area contributed by atoms with Gasteiger partial charge in [0.2, 0.25) is 6.41 Å². The standard InChI is InChI=1S/C24H24F2N4O5/c25-12-20(13-26)35-19-4-5-22-21(11-19)23(32)29(14-16-2-1-3-17(10-16)27-34)24(33)30(22)18-6-8-28(15-31)9-7-18/h1-5,10-11,15,18,20H,6-9,12-14H2/p+1. The average Bonchev–Trinajstić information content (AvgIpc) is 2.90. The van der Waals surface area contributed by atoms with Crippen molar-refractivity contribution in [2.45, 2.75) is 31.5 Å². The van der Waals surface area contributed by atoms with Crippen molar-refractivity contribution in [2.75, 3.05) is 26.4 Å². The summed E-state index contributed by atoms with van der Waals surface area (Å²) < 4.78 is 33.9. The largest absolute Gasteiger partial charge is 0.485 e. The number of fused-ring (bicyclic) bond motifs is 1. The Morgan fingerprint density at radius 2 is 1.83 bits per heavy atom. The summed E-state index contributed by atoms with van der Waals surface area (Å²) in [4.78, 5) is 50.8. The molecule has 2 aromatic carbocycles. The molecule has 0 bridgehead atoms. The summed E-state index contributed by atoms with van der Waals surface area (Å²) in [7, 11) is 0. The lowest BCUT2D eigenvalue weighted by Crippen LogP contribution is -2.55. The summed E-state index contributed by atoms with van der Waals surface area (Å²) in [5.41, 5.74) is 0.118. The molecule has 0 atom stereocenters. The lowest BCUT2D eigenvalue weighted by molar-refractivity contribution is -0.379. The number of aromatic nitrogens is 2. The van der Waals surface area contributed by atoms with Gasteiger partial charge in [-0.15, -0.1) is 0 Å². The van der Waals surface area contributed by atoms with Crippen molar-refractivity contribution in [3.05, 3.63) is 73.8 Å². The van der Waals surface area contributed by atoms with E-state index in [1.165, 1.54) is 12.1 Å². The van der Waals surface area contributed by atoms with E-state index < -0.39 is 30.7 Å². The van der Waals surface area contributed by atoms with Crippen LogP contribution >= 0.6 is 0 Å². The molecule has 4 rings (SSSR count). The van der Waals surface area contributed by atoms with Crippen LogP contribution in [-0.4, -0.2) is 53.0 Å². The fourth-order valence-electron chi connectivity index (χ4n) is 4.39. The summed E-state index contributed by atoms with van der Waals surface area (Å²) in [5.74, 6) is 0.111. The van der Waals surface area contributed by atoms with Crippen molar-refractivity contribution in [3.8, 4) is 5.75 Å². The van der Waals surface area contributed by atoms with Crippen LogP contribution in [-0.2, 0) is 11.3 Å². The smallest absolute Gasteiger partial charge is 0.332 e. The molecule has 184 valence electrons. The van der Waals surface area contributed by atoms with Gasteiger partial charge in [-0.25, -0.2) is 13.6 Å². The minimum Gasteiger partial charge on any atom is -0.485 e. The molecule has 3 aromatic rings. The number of amides is 1. The summed E-state index contributed by atoms with van der Waals surface area (Å²) in [6.45, 7) is -1.21. The first-order valence-electron chi connectivity index (χ1n) is 11.2. The molecule has 0 aliphatic carbocycles. The molecular weight excluding hydrogens is 462 g/mol. The highest BCUT2D eigenvalue weighted by molar-refractivity contribution is 5.80. The van der Waals surface area contributed by atoms with Gasteiger partial charge in [0, 0.05) is 41.3 Å². The number of piperidine rings is 1. The summed E-state index contributed by atoms with van der Waals surface area (Å²) in [6, 6.07) is 10.6. The normalized spacial score (nSPS) is 14.4. The number of likely N-dealkylation sites (tertiary alicyclic amines) is 1. The third-order valence-electron chi connectivity index (χ3n) is 6.19. The van der Waals surface area contributed by atoms with Crippen molar-refractivity contribution in [2.24, 2.45) is 0 Å². The van der Waals surface area contributed by atoms with Crippen molar-refractivity contribution in [1.29, 1.82) is 0 Å². The molecule has 1 aliphatic heterocycles. The number of hydrogen-bond donors (Lipinski definition) is 1. The van der Waals surface area contributed by atoms with Gasteiger partial charge in [0.15, 0.2) is 6.10 Å². The fourth-order valence-corrected chi connectivity index (χ4v) is 4.39. The Labute approximate surface area is 198 Å². The van der Waals surface area contributed by atoms with Crippen LogP contribution in [0.2, 0.25) is 0 Å². The van der Waals surface area contributed by atoms with Crippen LogP contribution in [0.4, 0.5) is 14.5 Å². The second-order valence-corrected chi connectivity index (χ2v) is 8.45. The number of carbonyl (C=O) groups excluding carboxylic acids is 1.